The number of carbonyl (C=O) groups excluding carboxylic acids is 1. The van der Waals surface area contributed by atoms with E-state index >= 15 is 8.78 Å². The highest BCUT2D eigenvalue weighted by Crippen LogP contribution is 2.40. The van der Waals surface area contributed by atoms with E-state index in [9.17, 15) is 28.3 Å². The molecule has 0 spiro atoms. The van der Waals surface area contributed by atoms with Crippen molar-refractivity contribution in [2.75, 3.05) is 18.9 Å². The van der Waals surface area contributed by atoms with Gasteiger partial charge in [0.05, 0.1) is 17.7 Å². The maximum Gasteiger partial charge on any atom is 0.328 e. The maximum absolute atomic E-state index is 15.4. The normalized spacial score (nSPS) is 13.8. The number of nitrogens with two attached hydrogens (primary N) is 1. The van der Waals surface area contributed by atoms with E-state index in [1.54, 1.807) is 24.3 Å². The van der Waals surface area contributed by atoms with Gasteiger partial charge in [0.2, 0.25) is 0 Å². The van der Waals surface area contributed by atoms with Crippen LogP contribution in [0.15, 0.2) is 102 Å². The number of ketones is 1. The third-order valence-electron chi connectivity index (χ3n) is 8.99. The minimum absolute atomic E-state index is 0.0457. The van der Waals surface area contributed by atoms with Gasteiger partial charge in [-0.3, -0.25) is 19.5 Å². The number of pyridine rings is 1. The number of carbonyl (C=O) groups is 2. The summed E-state index contributed by atoms with van der Waals surface area (Å²) in [5, 5.41) is 13.9. The lowest BCUT2D eigenvalue weighted by molar-refractivity contribution is -0.148. The Labute approximate surface area is 283 Å². The van der Waals surface area contributed by atoms with E-state index in [0.29, 0.717) is 29.0 Å². The first-order valence-corrected chi connectivity index (χ1v) is 15.8. The number of anilines is 1. The van der Waals surface area contributed by atoms with Gasteiger partial charge in [-0.1, -0.05) is 54.6 Å². The molecule has 12 heteroatoms. The molecule has 0 amide bonds. The second kappa shape index (κ2) is 14.0. The predicted molar refractivity (Wildman–Crippen MR) is 177 cm³/mol. The first kappa shape index (κ1) is 34.1. The number of halogens is 4. The van der Waals surface area contributed by atoms with Crippen LogP contribution in [0.25, 0.3) is 5.69 Å². The van der Waals surface area contributed by atoms with E-state index in [1.807, 2.05) is 30.3 Å². The van der Waals surface area contributed by atoms with Crippen molar-refractivity contribution in [2.24, 2.45) is 5.92 Å². The largest absolute Gasteiger partial charge is 0.493 e. The molecule has 0 saturated heterocycles. The number of aromatic nitrogens is 1. The van der Waals surface area contributed by atoms with Crippen LogP contribution in [0.2, 0.25) is 0 Å². The van der Waals surface area contributed by atoms with Crippen LogP contribution in [-0.2, 0) is 23.2 Å². The Bertz CT molecular complexity index is 2110. The number of carboxylic acid groups (broad SMARTS) is 1. The second-order valence-corrected chi connectivity index (χ2v) is 12.0. The van der Waals surface area contributed by atoms with Crippen molar-refractivity contribution < 1.29 is 37.0 Å². The third kappa shape index (κ3) is 6.37. The van der Waals surface area contributed by atoms with Crippen molar-refractivity contribution in [3.63, 3.8) is 0 Å². The molecule has 4 aromatic carbocycles. The van der Waals surface area contributed by atoms with E-state index in [4.69, 9.17) is 10.5 Å². The summed E-state index contributed by atoms with van der Waals surface area (Å²) in [6.07, 6.45) is 1.40. The van der Waals surface area contributed by atoms with Crippen molar-refractivity contribution >= 4 is 17.6 Å². The molecule has 1 aliphatic rings. The highest BCUT2D eigenvalue weighted by molar-refractivity contribution is 6.11. The zero-order valence-corrected chi connectivity index (χ0v) is 26.5. The molecule has 0 aliphatic heterocycles. The molecule has 1 atom stereocenters. The maximum atomic E-state index is 15.4. The van der Waals surface area contributed by atoms with Gasteiger partial charge in [0.1, 0.15) is 34.4 Å². The van der Waals surface area contributed by atoms with Crippen LogP contribution in [0.5, 0.6) is 5.75 Å². The summed E-state index contributed by atoms with van der Waals surface area (Å²) in [5.41, 5.74) is 4.57. The van der Waals surface area contributed by atoms with Gasteiger partial charge in [0.15, 0.2) is 17.4 Å². The summed E-state index contributed by atoms with van der Waals surface area (Å²) in [4.78, 5) is 38.7. The fourth-order valence-corrected chi connectivity index (χ4v) is 6.60. The lowest BCUT2D eigenvalue weighted by Gasteiger charge is -2.37. The molecule has 0 bridgehead atoms. The van der Waals surface area contributed by atoms with Crippen molar-refractivity contribution in [1.29, 1.82) is 0 Å². The van der Waals surface area contributed by atoms with Crippen LogP contribution in [0, 0.1) is 29.2 Å². The Hall–Kier alpha value is -5.75. The van der Waals surface area contributed by atoms with Gasteiger partial charge in [-0.05, 0) is 60.7 Å². The van der Waals surface area contributed by atoms with Gasteiger partial charge in [-0.2, -0.15) is 0 Å². The minimum atomic E-state index is -1.41. The van der Waals surface area contributed by atoms with Gasteiger partial charge in [0.25, 0.3) is 5.56 Å². The molecule has 0 saturated carbocycles. The number of nitrogen functional groups attached to an aromatic ring is 1. The number of carboxylic acids is 1. The Morgan fingerprint density at radius 1 is 0.840 bits per heavy atom. The van der Waals surface area contributed by atoms with Crippen LogP contribution in [-0.4, -0.2) is 34.6 Å². The number of benzene rings is 4. The number of aliphatic carboxylic acids is 1. The Morgan fingerprint density at radius 3 is 2.08 bits per heavy atom. The van der Waals surface area contributed by atoms with Gasteiger partial charge < -0.3 is 15.6 Å². The molecule has 50 heavy (non-hydrogen) atoms. The van der Waals surface area contributed by atoms with Crippen molar-refractivity contribution in [3.8, 4) is 11.4 Å². The number of ether oxygens (including phenoxy) is 1. The molecular formula is C38H31F4N3O5. The average Bonchev–Trinajstić information content (AvgIpc) is 3.52. The highest BCUT2D eigenvalue weighted by Gasteiger charge is 2.49. The third-order valence-corrected chi connectivity index (χ3v) is 8.99. The molecule has 5 aromatic rings. The Kier molecular flexibility index (Phi) is 9.56. The Balaban J connectivity index is 1.18. The molecule has 0 unspecified atom stereocenters. The summed E-state index contributed by atoms with van der Waals surface area (Å²) in [6.45, 7) is 0.147. The average molecular weight is 686 g/mol. The van der Waals surface area contributed by atoms with E-state index in [0.717, 1.165) is 47.5 Å². The molecule has 0 radical (unpaired) electrons. The van der Waals surface area contributed by atoms with Crippen LogP contribution < -0.4 is 21.3 Å². The minimum Gasteiger partial charge on any atom is -0.493 e. The summed E-state index contributed by atoms with van der Waals surface area (Å²) in [6, 6.07) is 22.6. The molecule has 0 fully saturated rings. The number of rotatable bonds is 12. The number of hydrogen-bond donors (Lipinski definition) is 3. The summed E-state index contributed by atoms with van der Waals surface area (Å²) >= 11 is 0. The smallest absolute Gasteiger partial charge is 0.328 e. The summed E-state index contributed by atoms with van der Waals surface area (Å²) < 4.78 is 64.6. The number of nitrogens with one attached hydrogen (secondary N) is 1. The van der Waals surface area contributed by atoms with E-state index < -0.39 is 68.8 Å². The van der Waals surface area contributed by atoms with E-state index in [-0.39, 0.29) is 31.2 Å². The SMILES string of the molecule is Nc1c(C(=O)c2ccc(F)cc2F)ccc(=O)n1-c1c(F)cc(OCCCN[C@](C(=O)O)(c2ccccc2)C2Cc3ccccc3C2)cc1F. The van der Waals surface area contributed by atoms with Gasteiger partial charge in [0, 0.05) is 30.2 Å². The topological polar surface area (TPSA) is 124 Å². The van der Waals surface area contributed by atoms with Crippen molar-refractivity contribution in [2.45, 2.75) is 24.8 Å². The van der Waals surface area contributed by atoms with Crippen LogP contribution >= 0.6 is 0 Å². The number of nitrogens with zero attached hydrogens (tertiary/aromatic N) is 1. The zero-order chi connectivity index (χ0) is 35.6. The standard InChI is InChI=1S/C38H31F4N3O5/c39-26-11-12-28(30(40)19-26)35(47)29-13-14-33(46)45(36(29)43)34-31(41)20-27(21-32(34)42)50-16-6-15-44-38(37(48)49,24-9-2-1-3-10-24)25-17-22-7-4-5-8-23(22)18-25/h1-5,7-14,19-21,25,44H,6,15-18,43H2,(H,48,49)/t38-/m1/s1. The molecule has 1 aliphatic carbocycles. The molecule has 1 heterocycles. The number of hydrogen-bond acceptors (Lipinski definition) is 6. The first-order valence-electron chi connectivity index (χ1n) is 15.8. The van der Waals surface area contributed by atoms with Crippen molar-refractivity contribution in [3.05, 3.63) is 159 Å². The second-order valence-electron chi connectivity index (χ2n) is 12.0. The molecule has 6 rings (SSSR count). The Morgan fingerprint density at radius 2 is 1.46 bits per heavy atom. The monoisotopic (exact) mass is 685 g/mol. The van der Waals surface area contributed by atoms with E-state index in [2.05, 4.69) is 5.32 Å². The lowest BCUT2D eigenvalue weighted by atomic mass is 9.76. The molecule has 1 aromatic heterocycles. The van der Waals surface area contributed by atoms with Gasteiger partial charge in [-0.15, -0.1) is 0 Å². The fourth-order valence-electron chi connectivity index (χ4n) is 6.60. The lowest BCUT2D eigenvalue weighted by Crippen LogP contribution is -2.55. The molecule has 256 valence electrons. The summed E-state index contributed by atoms with van der Waals surface area (Å²) in [7, 11) is 0. The zero-order valence-electron chi connectivity index (χ0n) is 26.5. The fraction of sp³-hybridized carbons (Fsp3) is 0.184. The van der Waals surface area contributed by atoms with Crippen LogP contribution in [0.4, 0.5) is 23.4 Å². The van der Waals surface area contributed by atoms with Crippen molar-refractivity contribution in [1.82, 2.24) is 9.88 Å². The van der Waals surface area contributed by atoms with Gasteiger partial charge in [-0.25, -0.2) is 22.4 Å². The molecule has 4 N–H and O–H groups in total. The molecule has 8 nitrogen and oxygen atoms in total. The van der Waals surface area contributed by atoms with Crippen LogP contribution in [0.1, 0.15) is 39.0 Å². The van der Waals surface area contributed by atoms with Crippen LogP contribution in [0.3, 0.4) is 0 Å². The molecular weight excluding hydrogens is 654 g/mol. The number of fused-ring (bicyclic) bond motifs is 1. The predicted octanol–water partition coefficient (Wildman–Crippen LogP) is 5.96. The quantitative estimate of drug-likeness (QED) is 0.0842. The first-order chi connectivity index (χ1) is 24.0. The van der Waals surface area contributed by atoms with Gasteiger partial charge >= 0.3 is 5.97 Å². The highest BCUT2D eigenvalue weighted by atomic mass is 19.1. The van der Waals surface area contributed by atoms with E-state index in [1.165, 1.54) is 0 Å². The summed E-state index contributed by atoms with van der Waals surface area (Å²) in [5.74, 6) is -7.78.